The van der Waals surface area contributed by atoms with Crippen molar-refractivity contribution in [1.29, 1.82) is 0 Å². The fraction of sp³-hybridized carbons (Fsp3) is 0.500. The normalized spacial score (nSPS) is 15.1. The number of carbonyl (C=O) groups is 1. The second-order valence-electron chi connectivity index (χ2n) is 5.63. The highest BCUT2D eigenvalue weighted by molar-refractivity contribution is 6.32. The van der Waals surface area contributed by atoms with E-state index >= 15 is 0 Å². The molecule has 4 nitrogen and oxygen atoms in total. The summed E-state index contributed by atoms with van der Waals surface area (Å²) in [4.78, 5) is 14.4. The van der Waals surface area contributed by atoms with Crippen molar-refractivity contribution in [2.24, 2.45) is 0 Å². The number of hydrogen-bond donors (Lipinski definition) is 0. The van der Waals surface area contributed by atoms with Gasteiger partial charge in [0.05, 0.1) is 19.2 Å². The van der Waals surface area contributed by atoms with E-state index in [9.17, 15) is 4.79 Å². The lowest BCUT2D eigenvalue weighted by Crippen LogP contribution is -2.37. The van der Waals surface area contributed by atoms with E-state index in [1.165, 1.54) is 12.8 Å². The standard InChI is InChI=1S/C18H24ClNO3/c1-4-20(14-7-5-6-8-14)17(21)10-9-13-11-15(19)18(23-3)16(12-13)22-2/h9-12,14H,4-8H2,1-3H3/b10-9+. The zero-order valence-electron chi connectivity index (χ0n) is 14.0. The minimum Gasteiger partial charge on any atom is -0.493 e. The van der Waals surface area contributed by atoms with Gasteiger partial charge in [0.25, 0.3) is 0 Å². The van der Waals surface area contributed by atoms with Gasteiger partial charge in [-0.2, -0.15) is 0 Å². The first-order chi connectivity index (χ1) is 11.1. The van der Waals surface area contributed by atoms with E-state index in [1.54, 1.807) is 38.5 Å². The summed E-state index contributed by atoms with van der Waals surface area (Å²) < 4.78 is 10.5. The van der Waals surface area contributed by atoms with Gasteiger partial charge in [0.15, 0.2) is 11.5 Å². The van der Waals surface area contributed by atoms with Gasteiger partial charge in [-0.1, -0.05) is 24.4 Å². The minimum atomic E-state index is 0.0466. The second-order valence-corrected chi connectivity index (χ2v) is 6.04. The molecule has 5 heteroatoms. The van der Waals surface area contributed by atoms with E-state index in [1.807, 2.05) is 11.8 Å². The van der Waals surface area contributed by atoms with Crippen molar-refractivity contribution < 1.29 is 14.3 Å². The predicted octanol–water partition coefficient (Wildman–Crippen LogP) is 4.16. The van der Waals surface area contributed by atoms with Crippen molar-refractivity contribution in [3.05, 3.63) is 28.8 Å². The molecule has 1 amide bonds. The Labute approximate surface area is 143 Å². The van der Waals surface area contributed by atoms with Gasteiger partial charge in [-0.3, -0.25) is 4.79 Å². The van der Waals surface area contributed by atoms with Crippen LogP contribution < -0.4 is 9.47 Å². The van der Waals surface area contributed by atoms with Crippen molar-refractivity contribution in [3.8, 4) is 11.5 Å². The summed E-state index contributed by atoms with van der Waals surface area (Å²) in [5.41, 5.74) is 0.809. The van der Waals surface area contributed by atoms with Crippen LogP contribution in [-0.4, -0.2) is 37.6 Å². The summed E-state index contributed by atoms with van der Waals surface area (Å²) in [5.74, 6) is 1.10. The van der Waals surface area contributed by atoms with Crippen LogP contribution in [0, 0.1) is 0 Å². The molecule has 2 rings (SSSR count). The van der Waals surface area contributed by atoms with Crippen LogP contribution in [0.4, 0.5) is 0 Å². The summed E-state index contributed by atoms with van der Waals surface area (Å²) in [6.45, 7) is 2.76. The van der Waals surface area contributed by atoms with Gasteiger partial charge < -0.3 is 14.4 Å². The summed E-state index contributed by atoms with van der Waals surface area (Å²) in [6.07, 6.45) is 8.02. The van der Waals surface area contributed by atoms with Crippen LogP contribution in [0.15, 0.2) is 18.2 Å². The van der Waals surface area contributed by atoms with E-state index in [4.69, 9.17) is 21.1 Å². The van der Waals surface area contributed by atoms with Crippen LogP contribution in [0.25, 0.3) is 6.08 Å². The van der Waals surface area contributed by atoms with Crippen LogP contribution in [0.5, 0.6) is 11.5 Å². The molecule has 0 aromatic heterocycles. The molecular formula is C18H24ClNO3. The Bertz CT molecular complexity index is 580. The van der Waals surface area contributed by atoms with Gasteiger partial charge in [0.1, 0.15) is 0 Å². The molecule has 0 unspecified atom stereocenters. The number of benzene rings is 1. The monoisotopic (exact) mass is 337 g/mol. The molecule has 126 valence electrons. The van der Waals surface area contributed by atoms with Crippen molar-refractivity contribution >= 4 is 23.6 Å². The molecule has 1 aromatic carbocycles. The van der Waals surface area contributed by atoms with E-state index in [2.05, 4.69) is 0 Å². The topological polar surface area (TPSA) is 38.8 Å². The molecule has 0 atom stereocenters. The number of methoxy groups -OCH3 is 2. The van der Waals surface area contributed by atoms with Gasteiger partial charge in [-0.25, -0.2) is 0 Å². The first-order valence-corrected chi connectivity index (χ1v) is 8.38. The Kier molecular flexibility index (Phi) is 6.34. The molecule has 0 bridgehead atoms. The number of rotatable bonds is 6. The molecule has 0 N–H and O–H groups in total. The van der Waals surface area contributed by atoms with Crippen LogP contribution >= 0.6 is 11.6 Å². The summed E-state index contributed by atoms with van der Waals surface area (Å²) in [7, 11) is 3.11. The smallest absolute Gasteiger partial charge is 0.246 e. The Hall–Kier alpha value is -1.68. The average molecular weight is 338 g/mol. The lowest BCUT2D eigenvalue weighted by Gasteiger charge is -2.26. The summed E-state index contributed by atoms with van der Waals surface area (Å²) in [5, 5.41) is 0.460. The maximum Gasteiger partial charge on any atom is 0.246 e. The maximum absolute atomic E-state index is 12.4. The number of likely N-dealkylation sites (N-methyl/N-ethyl adjacent to an activating group) is 1. The number of carbonyl (C=O) groups excluding carboxylic acids is 1. The van der Waals surface area contributed by atoms with E-state index in [0.29, 0.717) is 22.6 Å². The van der Waals surface area contributed by atoms with Gasteiger partial charge in [-0.05, 0) is 43.5 Å². The molecule has 0 aliphatic heterocycles. The molecule has 1 aromatic rings. The average Bonchev–Trinajstić information content (AvgIpc) is 3.07. The quantitative estimate of drug-likeness (QED) is 0.731. The van der Waals surface area contributed by atoms with Crippen LogP contribution in [0.1, 0.15) is 38.2 Å². The van der Waals surface area contributed by atoms with Gasteiger partial charge in [-0.15, -0.1) is 0 Å². The molecule has 1 aliphatic rings. The fourth-order valence-electron chi connectivity index (χ4n) is 3.11. The van der Waals surface area contributed by atoms with Crippen molar-refractivity contribution in [1.82, 2.24) is 4.90 Å². The Morgan fingerprint density at radius 3 is 2.57 bits per heavy atom. The van der Waals surface area contributed by atoms with Gasteiger partial charge in [0, 0.05) is 18.7 Å². The predicted molar refractivity (Wildman–Crippen MR) is 93.2 cm³/mol. The van der Waals surface area contributed by atoms with Crippen LogP contribution in [0.3, 0.4) is 0 Å². The largest absolute Gasteiger partial charge is 0.493 e. The number of ether oxygens (including phenoxy) is 2. The van der Waals surface area contributed by atoms with Crippen molar-refractivity contribution in [3.63, 3.8) is 0 Å². The first kappa shape index (κ1) is 17.7. The molecule has 1 saturated carbocycles. The fourth-order valence-corrected chi connectivity index (χ4v) is 3.40. The highest BCUT2D eigenvalue weighted by Crippen LogP contribution is 2.36. The van der Waals surface area contributed by atoms with E-state index in [0.717, 1.165) is 24.9 Å². The molecule has 1 fully saturated rings. The zero-order chi connectivity index (χ0) is 16.8. The number of hydrogen-bond acceptors (Lipinski definition) is 3. The molecular weight excluding hydrogens is 314 g/mol. The van der Waals surface area contributed by atoms with Gasteiger partial charge >= 0.3 is 0 Å². The molecule has 0 spiro atoms. The maximum atomic E-state index is 12.4. The second kappa shape index (κ2) is 8.25. The third-order valence-electron chi connectivity index (χ3n) is 4.26. The Morgan fingerprint density at radius 2 is 2.00 bits per heavy atom. The van der Waals surface area contributed by atoms with E-state index in [-0.39, 0.29) is 5.91 Å². The highest BCUT2D eigenvalue weighted by Gasteiger charge is 2.23. The number of halogens is 1. The summed E-state index contributed by atoms with van der Waals surface area (Å²) >= 11 is 6.19. The number of amides is 1. The lowest BCUT2D eigenvalue weighted by molar-refractivity contribution is -0.127. The van der Waals surface area contributed by atoms with Crippen LogP contribution in [0.2, 0.25) is 5.02 Å². The van der Waals surface area contributed by atoms with Gasteiger partial charge in [0.2, 0.25) is 5.91 Å². The summed E-state index contributed by atoms with van der Waals surface area (Å²) in [6, 6.07) is 3.95. The molecule has 23 heavy (non-hydrogen) atoms. The third kappa shape index (κ3) is 4.20. The molecule has 0 saturated heterocycles. The lowest BCUT2D eigenvalue weighted by atomic mass is 10.1. The molecule has 0 heterocycles. The van der Waals surface area contributed by atoms with Crippen molar-refractivity contribution in [2.75, 3.05) is 20.8 Å². The van der Waals surface area contributed by atoms with E-state index < -0.39 is 0 Å². The minimum absolute atomic E-state index is 0.0466. The Balaban J connectivity index is 2.15. The first-order valence-electron chi connectivity index (χ1n) is 8.00. The Morgan fingerprint density at radius 1 is 1.30 bits per heavy atom. The van der Waals surface area contributed by atoms with Crippen LogP contribution in [-0.2, 0) is 4.79 Å². The third-order valence-corrected chi connectivity index (χ3v) is 4.54. The highest BCUT2D eigenvalue weighted by atomic mass is 35.5. The van der Waals surface area contributed by atoms with Crippen molar-refractivity contribution in [2.45, 2.75) is 38.6 Å². The zero-order valence-corrected chi connectivity index (χ0v) is 14.7. The SMILES string of the molecule is CCN(C(=O)/C=C/c1cc(Cl)c(OC)c(OC)c1)C1CCCC1. The number of nitrogens with zero attached hydrogens (tertiary/aromatic N) is 1. The molecule has 1 aliphatic carbocycles. The molecule has 0 radical (unpaired) electrons.